The van der Waals surface area contributed by atoms with Gasteiger partial charge in [0.2, 0.25) is 0 Å². The summed E-state index contributed by atoms with van der Waals surface area (Å²) in [5.41, 5.74) is 0. The van der Waals surface area contributed by atoms with Gasteiger partial charge in [-0.25, -0.2) is 0 Å². The lowest BCUT2D eigenvalue weighted by molar-refractivity contribution is -0.218. The summed E-state index contributed by atoms with van der Waals surface area (Å²) in [6, 6.07) is 0. The summed E-state index contributed by atoms with van der Waals surface area (Å²) in [5, 5.41) is 28.7. The van der Waals surface area contributed by atoms with E-state index in [0.29, 0.717) is 0 Å². The van der Waals surface area contributed by atoms with E-state index >= 15 is 0 Å². The molecule has 3 N–H and O–H groups in total. The maximum Gasteiger partial charge on any atom is 0.138 e. The quantitative estimate of drug-likeness (QED) is 0.609. The fourth-order valence-electron chi connectivity index (χ4n) is 1.74. The molecule has 0 aromatic carbocycles. The molecular formula is C11H20O5. The number of rotatable bonds is 3. The van der Waals surface area contributed by atoms with E-state index in [2.05, 4.69) is 0 Å². The molecule has 5 heteroatoms. The van der Waals surface area contributed by atoms with E-state index < -0.39 is 30.5 Å². The van der Waals surface area contributed by atoms with Crippen molar-refractivity contribution in [1.82, 2.24) is 0 Å². The lowest BCUT2D eigenvalue weighted by Gasteiger charge is -2.39. The van der Waals surface area contributed by atoms with Gasteiger partial charge in [0.15, 0.2) is 0 Å². The van der Waals surface area contributed by atoms with Crippen molar-refractivity contribution in [2.45, 2.75) is 57.7 Å². The summed E-state index contributed by atoms with van der Waals surface area (Å²) < 4.78 is 5.32. The third-order valence-corrected chi connectivity index (χ3v) is 3.00. The van der Waals surface area contributed by atoms with Gasteiger partial charge in [0.05, 0.1) is 12.2 Å². The SMILES string of the molecule is CC(C)C(=O)CC1OC(C)C(O)C(O)C1O. The second kappa shape index (κ2) is 5.23. The first-order valence-electron chi connectivity index (χ1n) is 5.57. The van der Waals surface area contributed by atoms with Gasteiger partial charge in [0.1, 0.15) is 24.1 Å². The van der Waals surface area contributed by atoms with Crippen molar-refractivity contribution in [3.05, 3.63) is 0 Å². The Kier molecular flexibility index (Phi) is 4.43. The summed E-state index contributed by atoms with van der Waals surface area (Å²) in [7, 11) is 0. The highest BCUT2D eigenvalue weighted by Gasteiger charge is 2.42. The summed E-state index contributed by atoms with van der Waals surface area (Å²) >= 11 is 0. The molecule has 0 bridgehead atoms. The number of aliphatic hydroxyl groups is 3. The number of hydrogen-bond donors (Lipinski definition) is 3. The van der Waals surface area contributed by atoms with Gasteiger partial charge in [-0.15, -0.1) is 0 Å². The molecule has 0 spiro atoms. The number of ketones is 1. The number of carbonyl (C=O) groups is 1. The Balaban J connectivity index is 2.64. The van der Waals surface area contributed by atoms with Crippen molar-refractivity contribution in [2.24, 2.45) is 5.92 Å². The summed E-state index contributed by atoms with van der Waals surface area (Å²) in [6.45, 7) is 5.14. The molecule has 16 heavy (non-hydrogen) atoms. The van der Waals surface area contributed by atoms with Gasteiger partial charge in [0, 0.05) is 12.3 Å². The minimum absolute atomic E-state index is 0.0279. The lowest BCUT2D eigenvalue weighted by Crippen LogP contribution is -2.57. The van der Waals surface area contributed by atoms with Crippen molar-refractivity contribution < 1.29 is 24.9 Å². The number of hydrogen-bond acceptors (Lipinski definition) is 5. The van der Waals surface area contributed by atoms with Crippen molar-refractivity contribution in [1.29, 1.82) is 0 Å². The number of aliphatic hydroxyl groups excluding tert-OH is 3. The molecule has 1 aliphatic rings. The van der Waals surface area contributed by atoms with Crippen LogP contribution >= 0.6 is 0 Å². The molecule has 0 saturated carbocycles. The molecule has 0 aromatic heterocycles. The minimum Gasteiger partial charge on any atom is -0.388 e. The van der Waals surface area contributed by atoms with E-state index in [0.717, 1.165) is 0 Å². The van der Waals surface area contributed by atoms with Crippen LogP contribution in [0, 0.1) is 5.92 Å². The van der Waals surface area contributed by atoms with Crippen LogP contribution in [0.3, 0.4) is 0 Å². The van der Waals surface area contributed by atoms with Gasteiger partial charge in [-0.2, -0.15) is 0 Å². The van der Waals surface area contributed by atoms with Gasteiger partial charge in [-0.3, -0.25) is 4.79 Å². The van der Waals surface area contributed by atoms with Gasteiger partial charge in [0.25, 0.3) is 0 Å². The van der Waals surface area contributed by atoms with Crippen LogP contribution in [-0.2, 0) is 9.53 Å². The third-order valence-electron chi connectivity index (χ3n) is 3.00. The van der Waals surface area contributed by atoms with Crippen LogP contribution in [0.4, 0.5) is 0 Å². The molecule has 5 atom stereocenters. The van der Waals surface area contributed by atoms with E-state index in [1.165, 1.54) is 0 Å². The van der Waals surface area contributed by atoms with E-state index in [4.69, 9.17) is 4.74 Å². The van der Waals surface area contributed by atoms with Crippen LogP contribution in [0.1, 0.15) is 27.2 Å². The van der Waals surface area contributed by atoms with E-state index in [1.54, 1.807) is 20.8 Å². The van der Waals surface area contributed by atoms with Crippen LogP contribution in [-0.4, -0.2) is 51.6 Å². The van der Waals surface area contributed by atoms with Crippen LogP contribution in [0.2, 0.25) is 0 Å². The predicted molar refractivity (Wildman–Crippen MR) is 56.8 cm³/mol. The average Bonchev–Trinajstić information content (AvgIpc) is 2.22. The summed E-state index contributed by atoms with van der Waals surface area (Å²) in [4.78, 5) is 11.5. The van der Waals surface area contributed by atoms with Crippen LogP contribution in [0.5, 0.6) is 0 Å². The minimum atomic E-state index is -1.26. The summed E-state index contributed by atoms with van der Waals surface area (Å²) in [6.07, 6.45) is -4.83. The van der Waals surface area contributed by atoms with Crippen molar-refractivity contribution >= 4 is 5.78 Å². The zero-order valence-electron chi connectivity index (χ0n) is 9.83. The van der Waals surface area contributed by atoms with Gasteiger partial charge in [-0.1, -0.05) is 13.8 Å². The van der Waals surface area contributed by atoms with Gasteiger partial charge < -0.3 is 20.1 Å². The molecule has 1 saturated heterocycles. The Morgan fingerprint density at radius 1 is 1.19 bits per heavy atom. The standard InChI is InChI=1S/C11H20O5/c1-5(2)7(12)4-8-10(14)11(15)9(13)6(3)16-8/h5-6,8-11,13-15H,4H2,1-3H3. The van der Waals surface area contributed by atoms with Crippen molar-refractivity contribution in [2.75, 3.05) is 0 Å². The molecule has 0 aliphatic carbocycles. The molecule has 0 aromatic rings. The lowest BCUT2D eigenvalue weighted by atomic mass is 9.91. The maximum absolute atomic E-state index is 11.5. The third kappa shape index (κ3) is 2.79. The normalized spacial score (nSPS) is 40.1. The molecule has 0 radical (unpaired) electrons. The zero-order chi connectivity index (χ0) is 12.5. The fraction of sp³-hybridized carbons (Fsp3) is 0.909. The Hall–Kier alpha value is -0.490. The largest absolute Gasteiger partial charge is 0.388 e. The molecule has 1 rings (SSSR count). The van der Waals surface area contributed by atoms with Gasteiger partial charge in [-0.05, 0) is 6.92 Å². The molecule has 0 amide bonds. The molecule has 1 aliphatic heterocycles. The second-order valence-electron chi connectivity index (χ2n) is 4.68. The van der Waals surface area contributed by atoms with Crippen LogP contribution in [0.15, 0.2) is 0 Å². The van der Waals surface area contributed by atoms with Crippen LogP contribution < -0.4 is 0 Å². The Morgan fingerprint density at radius 2 is 1.75 bits per heavy atom. The zero-order valence-corrected chi connectivity index (χ0v) is 9.83. The molecule has 5 unspecified atom stereocenters. The Bertz CT molecular complexity index is 253. The van der Waals surface area contributed by atoms with Crippen LogP contribution in [0.25, 0.3) is 0 Å². The summed E-state index contributed by atoms with van der Waals surface area (Å²) in [5.74, 6) is -0.157. The highest BCUT2D eigenvalue weighted by atomic mass is 16.5. The number of ether oxygens (including phenoxy) is 1. The topological polar surface area (TPSA) is 87.0 Å². The maximum atomic E-state index is 11.5. The van der Waals surface area contributed by atoms with E-state index in [9.17, 15) is 20.1 Å². The van der Waals surface area contributed by atoms with Crippen molar-refractivity contribution in [3.63, 3.8) is 0 Å². The van der Waals surface area contributed by atoms with Crippen molar-refractivity contribution in [3.8, 4) is 0 Å². The molecule has 1 fully saturated rings. The first-order valence-corrected chi connectivity index (χ1v) is 5.57. The molecule has 1 heterocycles. The average molecular weight is 232 g/mol. The van der Waals surface area contributed by atoms with Gasteiger partial charge >= 0.3 is 0 Å². The smallest absolute Gasteiger partial charge is 0.138 e. The predicted octanol–water partition coefficient (Wildman–Crippen LogP) is -0.528. The first kappa shape index (κ1) is 13.6. The number of carbonyl (C=O) groups excluding carboxylic acids is 1. The Labute approximate surface area is 95.0 Å². The second-order valence-corrected chi connectivity index (χ2v) is 4.68. The van der Waals surface area contributed by atoms with E-state index in [-0.39, 0.29) is 18.1 Å². The molecule has 5 nitrogen and oxygen atoms in total. The van der Waals surface area contributed by atoms with E-state index in [1.807, 2.05) is 0 Å². The number of Topliss-reactive ketones (excluding diaryl/α,β-unsaturated/α-hetero) is 1. The molecular weight excluding hydrogens is 212 g/mol. The molecule has 94 valence electrons. The fourth-order valence-corrected chi connectivity index (χ4v) is 1.74. The first-order chi connectivity index (χ1) is 7.34. The highest BCUT2D eigenvalue weighted by Crippen LogP contribution is 2.23. The monoisotopic (exact) mass is 232 g/mol. The Morgan fingerprint density at radius 3 is 2.25 bits per heavy atom. The highest BCUT2D eigenvalue weighted by molar-refractivity contribution is 5.80.